The maximum absolute atomic E-state index is 13.2. The summed E-state index contributed by atoms with van der Waals surface area (Å²) in [4.78, 5) is 0. The van der Waals surface area contributed by atoms with Crippen LogP contribution in [-0.4, -0.2) is 46.6 Å². The van der Waals surface area contributed by atoms with Crippen LogP contribution in [0.4, 0.5) is 4.39 Å². The third-order valence-electron chi connectivity index (χ3n) is 2.74. The Balaban J connectivity index is 2.15. The van der Waals surface area contributed by atoms with Crippen LogP contribution in [0.1, 0.15) is 20.3 Å². The molecule has 0 aromatic rings. The van der Waals surface area contributed by atoms with Crippen molar-refractivity contribution in [1.29, 1.82) is 0 Å². The van der Waals surface area contributed by atoms with Crippen LogP contribution in [0.3, 0.4) is 0 Å². The van der Waals surface area contributed by atoms with Crippen LogP contribution >= 0.6 is 0 Å². The number of aliphatic hydroxyl groups is 2. The smallest absolute Gasteiger partial charge is 0.163 e. The van der Waals surface area contributed by atoms with Gasteiger partial charge in [-0.1, -0.05) is 0 Å². The van der Waals surface area contributed by atoms with Gasteiger partial charge in [0.15, 0.2) is 5.79 Å². The largest absolute Gasteiger partial charge is 0.387 e. The molecule has 2 N–H and O–H groups in total. The fraction of sp³-hybridized carbons (Fsp3) is 1.00. The van der Waals surface area contributed by atoms with Crippen LogP contribution in [0.15, 0.2) is 0 Å². The predicted octanol–water partition coefficient (Wildman–Crippen LogP) is -0.0299. The highest BCUT2D eigenvalue weighted by atomic mass is 19.1. The maximum Gasteiger partial charge on any atom is 0.163 e. The SMILES string of the molecule is CC1(C)O[C@@H]2[C@@H](O)[C@@H](O)[C@@H](F)C[C@@H]2O1. The van der Waals surface area contributed by atoms with Crippen molar-refractivity contribution >= 4 is 0 Å². The van der Waals surface area contributed by atoms with Gasteiger partial charge in [-0.3, -0.25) is 0 Å². The Morgan fingerprint density at radius 2 is 1.86 bits per heavy atom. The van der Waals surface area contributed by atoms with Gasteiger partial charge in [0.05, 0.1) is 6.10 Å². The second-order valence-corrected chi connectivity index (χ2v) is 4.37. The van der Waals surface area contributed by atoms with Gasteiger partial charge in [-0.2, -0.15) is 0 Å². The second-order valence-electron chi connectivity index (χ2n) is 4.37. The molecular weight excluding hydrogens is 191 g/mol. The lowest BCUT2D eigenvalue weighted by Gasteiger charge is -2.33. The van der Waals surface area contributed by atoms with Gasteiger partial charge in [-0.25, -0.2) is 4.39 Å². The molecule has 0 bridgehead atoms. The average Bonchev–Trinajstić information content (AvgIpc) is 2.37. The fourth-order valence-electron chi connectivity index (χ4n) is 2.10. The summed E-state index contributed by atoms with van der Waals surface area (Å²) < 4.78 is 24.0. The molecule has 4 nitrogen and oxygen atoms in total. The molecular formula is C9H15FO4. The van der Waals surface area contributed by atoms with E-state index in [1.54, 1.807) is 13.8 Å². The molecule has 1 aliphatic heterocycles. The zero-order chi connectivity index (χ0) is 10.5. The average molecular weight is 206 g/mol. The molecule has 0 radical (unpaired) electrons. The van der Waals surface area contributed by atoms with E-state index < -0.39 is 36.4 Å². The third-order valence-corrected chi connectivity index (χ3v) is 2.74. The molecule has 1 saturated heterocycles. The molecule has 5 atom stereocenters. The van der Waals surface area contributed by atoms with Gasteiger partial charge < -0.3 is 19.7 Å². The van der Waals surface area contributed by atoms with E-state index in [0.29, 0.717) is 0 Å². The zero-order valence-corrected chi connectivity index (χ0v) is 8.18. The molecule has 0 spiro atoms. The highest BCUT2D eigenvalue weighted by Crippen LogP contribution is 2.37. The fourth-order valence-corrected chi connectivity index (χ4v) is 2.10. The van der Waals surface area contributed by atoms with Crippen molar-refractivity contribution in [2.24, 2.45) is 0 Å². The first-order valence-electron chi connectivity index (χ1n) is 4.76. The number of fused-ring (bicyclic) bond motifs is 1. The van der Waals surface area contributed by atoms with Crippen LogP contribution in [-0.2, 0) is 9.47 Å². The van der Waals surface area contributed by atoms with Gasteiger partial charge in [0.1, 0.15) is 24.5 Å². The van der Waals surface area contributed by atoms with Crippen molar-refractivity contribution in [2.45, 2.75) is 56.6 Å². The van der Waals surface area contributed by atoms with E-state index in [4.69, 9.17) is 9.47 Å². The van der Waals surface area contributed by atoms with Gasteiger partial charge in [0.25, 0.3) is 0 Å². The van der Waals surface area contributed by atoms with Crippen molar-refractivity contribution in [2.75, 3.05) is 0 Å². The highest BCUT2D eigenvalue weighted by molar-refractivity contribution is 4.98. The standard InChI is InChI=1S/C9H15FO4/c1-9(2)13-5-3-4(10)6(11)7(12)8(5)14-9/h4-8,11-12H,3H2,1-2H3/t4-,5-,6-,7-,8-/m0/s1. The first-order chi connectivity index (χ1) is 6.41. The molecule has 14 heavy (non-hydrogen) atoms. The van der Waals surface area contributed by atoms with Gasteiger partial charge in [0.2, 0.25) is 0 Å². The van der Waals surface area contributed by atoms with Crippen LogP contribution < -0.4 is 0 Å². The number of ether oxygens (including phenoxy) is 2. The molecule has 2 rings (SSSR count). The summed E-state index contributed by atoms with van der Waals surface area (Å²) in [5, 5.41) is 18.9. The van der Waals surface area contributed by atoms with Crippen molar-refractivity contribution in [1.82, 2.24) is 0 Å². The van der Waals surface area contributed by atoms with E-state index >= 15 is 0 Å². The second kappa shape index (κ2) is 3.13. The Morgan fingerprint density at radius 3 is 2.50 bits per heavy atom. The topological polar surface area (TPSA) is 58.9 Å². The van der Waals surface area contributed by atoms with E-state index in [9.17, 15) is 14.6 Å². The van der Waals surface area contributed by atoms with E-state index in [0.717, 1.165) is 0 Å². The lowest BCUT2D eigenvalue weighted by Crippen LogP contribution is -2.53. The molecule has 1 aliphatic carbocycles. The lowest BCUT2D eigenvalue weighted by molar-refractivity contribution is -0.161. The number of alkyl halides is 1. The third kappa shape index (κ3) is 1.54. The van der Waals surface area contributed by atoms with Crippen LogP contribution in [0.25, 0.3) is 0 Å². The summed E-state index contributed by atoms with van der Waals surface area (Å²) >= 11 is 0. The quantitative estimate of drug-likeness (QED) is 0.584. The normalized spacial score (nSPS) is 51.6. The number of rotatable bonds is 0. The summed E-state index contributed by atoms with van der Waals surface area (Å²) in [6, 6.07) is 0. The molecule has 82 valence electrons. The van der Waals surface area contributed by atoms with Gasteiger partial charge in [0, 0.05) is 6.42 Å². The van der Waals surface area contributed by atoms with Crippen molar-refractivity contribution in [3.8, 4) is 0 Å². The summed E-state index contributed by atoms with van der Waals surface area (Å²) in [6.45, 7) is 3.41. The lowest BCUT2D eigenvalue weighted by atomic mass is 9.88. The zero-order valence-electron chi connectivity index (χ0n) is 8.18. The summed E-state index contributed by atoms with van der Waals surface area (Å²) in [5.41, 5.74) is 0. The van der Waals surface area contributed by atoms with E-state index in [2.05, 4.69) is 0 Å². The Labute approximate surface area is 81.6 Å². The molecule has 2 aliphatic rings. The maximum atomic E-state index is 13.2. The summed E-state index contributed by atoms with van der Waals surface area (Å²) in [7, 11) is 0. The number of hydrogen-bond acceptors (Lipinski definition) is 4. The van der Waals surface area contributed by atoms with Gasteiger partial charge >= 0.3 is 0 Å². The number of aliphatic hydroxyl groups excluding tert-OH is 2. The van der Waals surface area contributed by atoms with Crippen molar-refractivity contribution in [3.05, 3.63) is 0 Å². The Bertz CT molecular complexity index is 233. The number of halogens is 1. The monoisotopic (exact) mass is 206 g/mol. The minimum absolute atomic E-state index is 0.0757. The van der Waals surface area contributed by atoms with E-state index in [1.165, 1.54) is 0 Å². The van der Waals surface area contributed by atoms with Crippen molar-refractivity contribution < 1.29 is 24.1 Å². The molecule has 5 heteroatoms. The van der Waals surface area contributed by atoms with Crippen molar-refractivity contribution in [3.63, 3.8) is 0 Å². The molecule has 0 aromatic heterocycles. The molecule has 0 aromatic carbocycles. The van der Waals surface area contributed by atoms with Gasteiger partial charge in [-0.05, 0) is 13.8 Å². The summed E-state index contributed by atoms with van der Waals surface area (Å²) in [6.07, 6.45) is -5.01. The molecule has 0 unspecified atom stereocenters. The molecule has 1 saturated carbocycles. The Hall–Kier alpha value is -0.230. The highest BCUT2D eigenvalue weighted by Gasteiger charge is 2.52. The van der Waals surface area contributed by atoms with E-state index in [1.807, 2.05) is 0 Å². The predicted molar refractivity (Wildman–Crippen MR) is 45.4 cm³/mol. The van der Waals surface area contributed by atoms with Crippen LogP contribution in [0.2, 0.25) is 0 Å². The Morgan fingerprint density at radius 1 is 1.21 bits per heavy atom. The Kier molecular flexibility index (Phi) is 2.30. The van der Waals surface area contributed by atoms with Crippen LogP contribution in [0, 0.1) is 0 Å². The number of hydrogen-bond donors (Lipinski definition) is 2. The molecule has 2 fully saturated rings. The summed E-state index contributed by atoms with van der Waals surface area (Å²) in [5.74, 6) is -0.805. The minimum Gasteiger partial charge on any atom is -0.387 e. The first kappa shape index (κ1) is 10.3. The van der Waals surface area contributed by atoms with Crippen LogP contribution in [0.5, 0.6) is 0 Å². The molecule has 0 amide bonds. The minimum atomic E-state index is -1.44. The molecule has 1 heterocycles. The van der Waals surface area contributed by atoms with E-state index in [-0.39, 0.29) is 6.42 Å². The van der Waals surface area contributed by atoms with Gasteiger partial charge in [-0.15, -0.1) is 0 Å². The first-order valence-corrected chi connectivity index (χ1v) is 4.76.